The van der Waals surface area contributed by atoms with Crippen LogP contribution in [0.1, 0.15) is 36.8 Å². The fourth-order valence-electron chi connectivity index (χ4n) is 3.69. The molecule has 114 valence electrons. The van der Waals surface area contributed by atoms with E-state index in [1.54, 1.807) is 0 Å². The van der Waals surface area contributed by atoms with Gasteiger partial charge in [-0.1, -0.05) is 35.4 Å². The van der Waals surface area contributed by atoms with E-state index < -0.39 is 11.9 Å². The summed E-state index contributed by atoms with van der Waals surface area (Å²) in [5, 5.41) is 0. The van der Waals surface area contributed by atoms with Crippen LogP contribution in [0.2, 0.25) is 0 Å². The zero-order chi connectivity index (χ0) is 16.0. The number of carbonyl (C=O) groups excluding carboxylic acids is 2. The number of rotatable bonds is 2. The summed E-state index contributed by atoms with van der Waals surface area (Å²) in [6, 6.07) is 7.93. The van der Waals surface area contributed by atoms with E-state index in [9.17, 15) is 9.59 Å². The second-order valence-electron chi connectivity index (χ2n) is 5.67. The third-order valence-electron chi connectivity index (χ3n) is 4.78. The van der Waals surface area contributed by atoms with Crippen LogP contribution in [0, 0.1) is 0 Å². The van der Waals surface area contributed by atoms with E-state index in [1.165, 1.54) is 14.2 Å². The number of ether oxygens (including phenoxy) is 2. The molecule has 0 radical (unpaired) electrons. The van der Waals surface area contributed by atoms with Gasteiger partial charge in [0.2, 0.25) is 0 Å². The molecule has 0 N–H and O–H groups in total. The van der Waals surface area contributed by atoms with Crippen LogP contribution in [-0.4, -0.2) is 26.2 Å². The lowest BCUT2D eigenvalue weighted by molar-refractivity contribution is -0.140. The molecule has 2 atom stereocenters. The van der Waals surface area contributed by atoms with Crippen molar-refractivity contribution < 1.29 is 19.1 Å². The Morgan fingerprint density at radius 3 is 1.50 bits per heavy atom. The van der Waals surface area contributed by atoms with Crippen LogP contribution in [0.5, 0.6) is 0 Å². The van der Waals surface area contributed by atoms with Crippen molar-refractivity contribution in [3.8, 4) is 0 Å². The summed E-state index contributed by atoms with van der Waals surface area (Å²) in [4.78, 5) is 24.7. The van der Waals surface area contributed by atoms with Gasteiger partial charge in [-0.2, -0.15) is 0 Å². The van der Waals surface area contributed by atoms with Crippen LogP contribution >= 0.6 is 0 Å². The van der Waals surface area contributed by atoms with Crippen molar-refractivity contribution in [2.24, 2.45) is 0 Å². The van der Waals surface area contributed by atoms with Crippen LogP contribution < -0.4 is 0 Å². The Balaban J connectivity index is 2.33. The quantitative estimate of drug-likeness (QED) is 0.622. The van der Waals surface area contributed by atoms with Gasteiger partial charge in [0.1, 0.15) is 0 Å². The molecule has 0 saturated carbocycles. The summed E-state index contributed by atoms with van der Waals surface area (Å²) < 4.78 is 9.88. The fraction of sp³-hybridized carbons (Fsp3) is 0.333. The van der Waals surface area contributed by atoms with E-state index in [0.717, 1.165) is 22.3 Å². The maximum absolute atomic E-state index is 12.3. The average molecular weight is 298 g/mol. The highest BCUT2D eigenvalue weighted by Gasteiger charge is 2.47. The minimum absolute atomic E-state index is 0.234. The molecule has 2 bridgehead atoms. The zero-order valence-electron chi connectivity index (χ0n) is 13.1. The Kier molecular flexibility index (Phi) is 3.39. The molecule has 0 spiro atoms. The maximum atomic E-state index is 12.3. The average Bonchev–Trinajstić information content (AvgIpc) is 2.56. The highest BCUT2D eigenvalue weighted by molar-refractivity contribution is 6.05. The molecule has 3 aliphatic carbocycles. The monoisotopic (exact) mass is 298 g/mol. The zero-order valence-corrected chi connectivity index (χ0v) is 13.1. The van der Waals surface area contributed by atoms with Crippen molar-refractivity contribution in [1.82, 2.24) is 0 Å². The van der Waals surface area contributed by atoms with Crippen molar-refractivity contribution in [2.75, 3.05) is 14.2 Å². The number of allylic oxidation sites excluding steroid dienone is 2. The first-order chi connectivity index (χ1) is 10.5. The van der Waals surface area contributed by atoms with Crippen LogP contribution in [0.15, 0.2) is 46.6 Å². The second kappa shape index (κ2) is 5.13. The molecular weight excluding hydrogens is 280 g/mol. The number of hydrogen-bond acceptors (Lipinski definition) is 4. The summed E-state index contributed by atoms with van der Waals surface area (Å²) in [5.74, 6) is -1.39. The standard InChI is InChI=1S/C18H18O4/c1-9-10(2)14-12-8-6-5-7-11(12)13(9)15(17(19)21-3)16(14)18(20)22-4/h5-8,13-14H,1-4H3/t13-,14+. The lowest BCUT2D eigenvalue weighted by atomic mass is 9.61. The van der Waals surface area contributed by atoms with E-state index in [0.29, 0.717) is 11.1 Å². The van der Waals surface area contributed by atoms with E-state index in [-0.39, 0.29) is 11.8 Å². The maximum Gasteiger partial charge on any atom is 0.335 e. The summed E-state index contributed by atoms with van der Waals surface area (Å²) in [6.07, 6.45) is 0. The molecule has 0 unspecified atom stereocenters. The first kappa shape index (κ1) is 14.6. The Morgan fingerprint density at radius 2 is 1.18 bits per heavy atom. The molecule has 0 aliphatic heterocycles. The number of esters is 2. The number of carbonyl (C=O) groups is 2. The van der Waals surface area contributed by atoms with Crippen LogP contribution in [0.25, 0.3) is 0 Å². The number of benzene rings is 1. The van der Waals surface area contributed by atoms with E-state index in [2.05, 4.69) is 0 Å². The molecule has 4 heteroatoms. The third-order valence-corrected chi connectivity index (χ3v) is 4.78. The van der Waals surface area contributed by atoms with Crippen molar-refractivity contribution in [2.45, 2.75) is 25.7 Å². The molecule has 1 aromatic rings. The van der Waals surface area contributed by atoms with Gasteiger partial charge in [-0.3, -0.25) is 0 Å². The molecule has 0 saturated heterocycles. The predicted molar refractivity (Wildman–Crippen MR) is 81.4 cm³/mol. The lowest BCUT2D eigenvalue weighted by Crippen LogP contribution is -2.34. The van der Waals surface area contributed by atoms with Gasteiger partial charge in [-0.15, -0.1) is 0 Å². The van der Waals surface area contributed by atoms with Gasteiger partial charge in [-0.25, -0.2) is 9.59 Å². The summed E-state index contributed by atoms with van der Waals surface area (Å²) in [6.45, 7) is 4.03. The fourth-order valence-corrected chi connectivity index (χ4v) is 3.69. The van der Waals surface area contributed by atoms with Gasteiger partial charge < -0.3 is 9.47 Å². The highest BCUT2D eigenvalue weighted by atomic mass is 16.5. The first-order valence-corrected chi connectivity index (χ1v) is 7.19. The second-order valence-corrected chi connectivity index (χ2v) is 5.67. The first-order valence-electron chi connectivity index (χ1n) is 7.19. The lowest BCUT2D eigenvalue weighted by Gasteiger charge is -2.41. The summed E-state index contributed by atoms with van der Waals surface area (Å²) in [5.41, 5.74) is 5.20. The minimum Gasteiger partial charge on any atom is -0.466 e. The summed E-state index contributed by atoms with van der Waals surface area (Å²) >= 11 is 0. The predicted octanol–water partition coefficient (Wildman–Crippen LogP) is 2.86. The van der Waals surface area contributed by atoms with Gasteiger partial charge in [-0.05, 0) is 25.0 Å². The minimum atomic E-state index is -0.461. The molecule has 0 amide bonds. The van der Waals surface area contributed by atoms with E-state index in [1.807, 2.05) is 38.1 Å². The van der Waals surface area contributed by atoms with Crippen LogP contribution in [-0.2, 0) is 19.1 Å². The van der Waals surface area contributed by atoms with Gasteiger partial charge in [0.05, 0.1) is 25.4 Å². The Morgan fingerprint density at radius 1 is 0.818 bits per heavy atom. The molecule has 1 aromatic carbocycles. The van der Waals surface area contributed by atoms with E-state index in [4.69, 9.17) is 9.47 Å². The van der Waals surface area contributed by atoms with Crippen molar-refractivity contribution in [1.29, 1.82) is 0 Å². The van der Waals surface area contributed by atoms with Gasteiger partial charge in [0.15, 0.2) is 0 Å². The Hall–Kier alpha value is -2.36. The van der Waals surface area contributed by atoms with E-state index >= 15 is 0 Å². The molecule has 4 rings (SSSR count). The molecule has 0 heterocycles. The Bertz CT molecular complexity index is 678. The van der Waals surface area contributed by atoms with Crippen molar-refractivity contribution in [3.63, 3.8) is 0 Å². The molecular formula is C18H18O4. The molecule has 3 aliphatic rings. The van der Waals surface area contributed by atoms with Crippen LogP contribution in [0.4, 0.5) is 0 Å². The number of methoxy groups -OCH3 is 2. The summed E-state index contributed by atoms with van der Waals surface area (Å²) in [7, 11) is 2.68. The van der Waals surface area contributed by atoms with Crippen molar-refractivity contribution in [3.05, 3.63) is 57.7 Å². The van der Waals surface area contributed by atoms with Crippen molar-refractivity contribution >= 4 is 11.9 Å². The van der Waals surface area contributed by atoms with Gasteiger partial charge >= 0.3 is 11.9 Å². The largest absolute Gasteiger partial charge is 0.466 e. The molecule has 0 aromatic heterocycles. The normalized spacial score (nSPS) is 22.5. The van der Waals surface area contributed by atoms with Gasteiger partial charge in [0.25, 0.3) is 0 Å². The smallest absolute Gasteiger partial charge is 0.335 e. The number of hydrogen-bond donors (Lipinski definition) is 0. The topological polar surface area (TPSA) is 52.6 Å². The molecule has 0 fully saturated rings. The highest BCUT2D eigenvalue weighted by Crippen LogP contribution is 2.55. The van der Waals surface area contributed by atoms with Gasteiger partial charge in [0, 0.05) is 11.8 Å². The SMILES string of the molecule is COC(=O)C1=C(C(=O)OC)[C@@H]2C(C)=C(C)[C@H]1c1ccccc12. The molecule has 4 nitrogen and oxygen atoms in total. The van der Waals surface area contributed by atoms with Crippen LogP contribution in [0.3, 0.4) is 0 Å². The third kappa shape index (κ3) is 1.76. The Labute approximate surface area is 129 Å². The molecule has 22 heavy (non-hydrogen) atoms.